The SMILES string of the molecule is CC(N)=NC(=S)C(CCCCCC(=O)NO)C(=O)Nc1ccccc1.[HH].[HH].[HH]. The summed E-state index contributed by atoms with van der Waals surface area (Å²) in [6, 6.07) is 9.11. The molecule has 0 aromatic heterocycles. The highest BCUT2D eigenvalue weighted by Gasteiger charge is 2.23. The Morgan fingerprint density at radius 2 is 1.96 bits per heavy atom. The van der Waals surface area contributed by atoms with Crippen LogP contribution in [0.15, 0.2) is 35.3 Å². The summed E-state index contributed by atoms with van der Waals surface area (Å²) >= 11 is 5.26. The Hall–Kier alpha value is -2.32. The lowest BCUT2D eigenvalue weighted by Gasteiger charge is -2.16. The summed E-state index contributed by atoms with van der Waals surface area (Å²) in [6.07, 6.45) is 2.80. The number of para-hydroxylation sites is 1. The fourth-order valence-corrected chi connectivity index (χ4v) is 2.60. The summed E-state index contributed by atoms with van der Waals surface area (Å²) in [5.74, 6) is -0.908. The van der Waals surface area contributed by atoms with E-state index in [9.17, 15) is 9.59 Å². The molecule has 1 rings (SSSR count). The van der Waals surface area contributed by atoms with Crippen LogP contribution in [-0.2, 0) is 9.59 Å². The zero-order valence-corrected chi connectivity index (χ0v) is 15.0. The van der Waals surface area contributed by atoms with Gasteiger partial charge < -0.3 is 11.1 Å². The largest absolute Gasteiger partial charge is 0.387 e. The van der Waals surface area contributed by atoms with Gasteiger partial charge in [0.2, 0.25) is 11.8 Å². The molecular weight excluding hydrogens is 340 g/mol. The van der Waals surface area contributed by atoms with Crippen molar-refractivity contribution in [1.82, 2.24) is 5.48 Å². The van der Waals surface area contributed by atoms with E-state index in [0.29, 0.717) is 30.8 Å². The van der Waals surface area contributed by atoms with Gasteiger partial charge in [-0.25, -0.2) is 10.5 Å². The molecule has 1 aromatic carbocycles. The summed E-state index contributed by atoms with van der Waals surface area (Å²) < 4.78 is 0. The van der Waals surface area contributed by atoms with E-state index in [-0.39, 0.29) is 21.6 Å². The molecule has 8 heteroatoms. The van der Waals surface area contributed by atoms with Gasteiger partial charge in [-0.2, -0.15) is 0 Å². The quantitative estimate of drug-likeness (QED) is 0.133. The number of carbonyl (C=O) groups excluding carboxylic acids is 2. The summed E-state index contributed by atoms with van der Waals surface area (Å²) in [5, 5.41) is 11.3. The molecule has 0 radical (unpaired) electrons. The average Bonchev–Trinajstić information content (AvgIpc) is 2.57. The Bertz CT molecular complexity index is 629. The molecule has 142 valence electrons. The first-order chi connectivity index (χ1) is 11.9. The van der Waals surface area contributed by atoms with E-state index in [1.807, 2.05) is 18.2 Å². The van der Waals surface area contributed by atoms with Gasteiger partial charge in [0.15, 0.2) is 0 Å². The number of hydroxylamine groups is 1. The van der Waals surface area contributed by atoms with Crippen molar-refractivity contribution < 1.29 is 19.1 Å². The summed E-state index contributed by atoms with van der Waals surface area (Å²) in [4.78, 5) is 27.8. The number of rotatable bonds is 9. The Morgan fingerprint density at radius 1 is 1.28 bits per heavy atom. The fraction of sp³-hybridized carbons (Fsp3) is 0.412. The third-order valence-corrected chi connectivity index (χ3v) is 3.84. The number of hydrogen-bond donors (Lipinski definition) is 4. The number of nitrogens with one attached hydrogen (secondary N) is 2. The Balaban J connectivity index is -0.00000208. The molecule has 0 fully saturated rings. The lowest BCUT2D eigenvalue weighted by Crippen LogP contribution is -2.29. The Labute approximate surface area is 157 Å². The van der Waals surface area contributed by atoms with Gasteiger partial charge in [-0.1, -0.05) is 43.3 Å². The first-order valence-electron chi connectivity index (χ1n) is 8.07. The van der Waals surface area contributed by atoms with E-state index < -0.39 is 11.8 Å². The molecule has 0 heterocycles. The van der Waals surface area contributed by atoms with Gasteiger partial charge >= 0.3 is 0 Å². The van der Waals surface area contributed by atoms with E-state index in [4.69, 9.17) is 23.2 Å². The maximum Gasteiger partial charge on any atom is 0.243 e. The minimum Gasteiger partial charge on any atom is -0.387 e. The van der Waals surface area contributed by atoms with Crippen LogP contribution >= 0.6 is 12.2 Å². The molecule has 0 spiro atoms. The number of carbonyl (C=O) groups is 2. The molecule has 0 bridgehead atoms. The van der Waals surface area contributed by atoms with Gasteiger partial charge in [0.05, 0.1) is 11.8 Å². The van der Waals surface area contributed by atoms with Gasteiger partial charge in [-0.05, 0) is 31.9 Å². The number of anilines is 1. The lowest BCUT2D eigenvalue weighted by atomic mass is 9.99. The number of unbranched alkanes of at least 4 members (excludes halogenated alkanes) is 2. The third-order valence-electron chi connectivity index (χ3n) is 3.46. The fourth-order valence-electron chi connectivity index (χ4n) is 2.24. The summed E-state index contributed by atoms with van der Waals surface area (Å²) in [7, 11) is 0. The molecule has 7 nitrogen and oxygen atoms in total. The molecule has 1 unspecified atom stereocenters. The number of aliphatic imine (C=N–C) groups is 1. The molecule has 25 heavy (non-hydrogen) atoms. The molecule has 1 atom stereocenters. The third kappa shape index (κ3) is 8.37. The predicted octanol–water partition coefficient (Wildman–Crippen LogP) is 3.14. The molecule has 0 aliphatic rings. The maximum absolute atomic E-state index is 12.5. The number of amidine groups is 1. The number of thiocarbonyl (C=S) groups is 1. The van der Waals surface area contributed by atoms with Crippen LogP contribution in [0.4, 0.5) is 5.69 Å². The van der Waals surface area contributed by atoms with Crippen molar-refractivity contribution >= 4 is 40.5 Å². The smallest absolute Gasteiger partial charge is 0.243 e. The van der Waals surface area contributed by atoms with Crippen LogP contribution in [0.3, 0.4) is 0 Å². The number of nitrogens with two attached hydrogens (primary N) is 1. The molecular formula is C17H30N4O3S. The molecule has 0 aliphatic carbocycles. The Kier molecular flexibility index (Phi) is 9.34. The number of benzene rings is 1. The maximum atomic E-state index is 12.5. The van der Waals surface area contributed by atoms with Gasteiger partial charge in [0.25, 0.3) is 0 Å². The first kappa shape index (κ1) is 20.7. The van der Waals surface area contributed by atoms with Gasteiger partial charge in [-0.3, -0.25) is 14.8 Å². The van der Waals surface area contributed by atoms with Crippen LogP contribution in [-0.4, -0.2) is 27.8 Å². The molecule has 1 aromatic rings. The molecule has 2 amide bonds. The molecule has 0 saturated carbocycles. The van der Waals surface area contributed by atoms with Crippen LogP contribution < -0.4 is 16.5 Å². The van der Waals surface area contributed by atoms with Crippen molar-refractivity contribution in [1.29, 1.82) is 0 Å². The first-order valence-corrected chi connectivity index (χ1v) is 8.48. The van der Waals surface area contributed by atoms with E-state index in [1.54, 1.807) is 24.5 Å². The van der Waals surface area contributed by atoms with E-state index in [1.165, 1.54) is 0 Å². The van der Waals surface area contributed by atoms with Crippen LogP contribution in [0.1, 0.15) is 43.3 Å². The van der Waals surface area contributed by atoms with Crippen LogP contribution in [0.5, 0.6) is 0 Å². The van der Waals surface area contributed by atoms with Gasteiger partial charge in [0, 0.05) is 16.4 Å². The van der Waals surface area contributed by atoms with Crippen molar-refractivity contribution in [3.05, 3.63) is 30.3 Å². The topological polar surface area (TPSA) is 117 Å². The molecule has 0 aliphatic heterocycles. The highest BCUT2D eigenvalue weighted by Crippen LogP contribution is 2.17. The average molecular weight is 371 g/mol. The van der Waals surface area contributed by atoms with Crippen molar-refractivity contribution in [3.63, 3.8) is 0 Å². The zero-order valence-electron chi connectivity index (χ0n) is 14.2. The van der Waals surface area contributed by atoms with E-state index in [0.717, 1.165) is 6.42 Å². The zero-order chi connectivity index (χ0) is 18.7. The minimum absolute atomic E-state index is 0. The second-order valence-electron chi connectivity index (χ2n) is 5.63. The normalized spacial score (nSPS) is 12.3. The van der Waals surface area contributed by atoms with Crippen LogP contribution in [0, 0.1) is 5.92 Å². The molecule has 0 saturated heterocycles. The number of nitrogens with zero attached hydrogens (tertiary/aromatic N) is 1. The monoisotopic (exact) mass is 370 g/mol. The van der Waals surface area contributed by atoms with Crippen molar-refractivity contribution in [2.75, 3.05) is 5.32 Å². The van der Waals surface area contributed by atoms with Crippen LogP contribution in [0.25, 0.3) is 0 Å². The van der Waals surface area contributed by atoms with E-state index >= 15 is 0 Å². The number of amides is 2. The number of hydrogen-bond acceptors (Lipinski definition) is 4. The molecule has 5 N–H and O–H groups in total. The van der Waals surface area contributed by atoms with E-state index in [2.05, 4.69) is 10.3 Å². The van der Waals surface area contributed by atoms with Crippen molar-refractivity contribution in [2.24, 2.45) is 16.6 Å². The summed E-state index contributed by atoms with van der Waals surface area (Å²) in [5.41, 5.74) is 7.85. The summed E-state index contributed by atoms with van der Waals surface area (Å²) in [6.45, 7) is 1.62. The van der Waals surface area contributed by atoms with Gasteiger partial charge in [-0.15, -0.1) is 0 Å². The minimum atomic E-state index is -0.569. The van der Waals surface area contributed by atoms with Gasteiger partial charge in [0.1, 0.15) is 4.99 Å². The lowest BCUT2D eigenvalue weighted by molar-refractivity contribution is -0.129. The standard InChI is InChI=1S/C17H24N4O3S.3H2/c1-12(18)19-17(25)14(10-6-3-7-11-15(22)21-24)16(23)20-13-8-4-2-5-9-13;;;/h2,4-5,8-9,14,24H,3,6-7,10-11H2,1H3,(H,20,23)(H,21,22)(H2,18,19,25);3*1H. The Morgan fingerprint density at radius 3 is 2.56 bits per heavy atom. The predicted molar refractivity (Wildman–Crippen MR) is 108 cm³/mol. The second-order valence-corrected chi connectivity index (χ2v) is 6.05. The highest BCUT2D eigenvalue weighted by molar-refractivity contribution is 7.80. The van der Waals surface area contributed by atoms with Crippen LogP contribution in [0.2, 0.25) is 0 Å². The second kappa shape index (κ2) is 11.3. The van der Waals surface area contributed by atoms with Crippen molar-refractivity contribution in [2.45, 2.75) is 39.0 Å². The van der Waals surface area contributed by atoms with Crippen molar-refractivity contribution in [3.8, 4) is 0 Å². The highest BCUT2D eigenvalue weighted by atomic mass is 32.1.